The maximum Gasteiger partial charge on any atom is 0.281 e. The summed E-state index contributed by atoms with van der Waals surface area (Å²) in [7, 11) is 1.92. The van der Waals surface area contributed by atoms with Gasteiger partial charge in [0.25, 0.3) is 5.82 Å². The number of aromatic nitrogens is 2. The topological polar surface area (TPSA) is 38.2 Å². The zero-order valence-corrected chi connectivity index (χ0v) is 9.02. The minimum Gasteiger partial charge on any atom is -0.235 e. The van der Waals surface area contributed by atoms with Crippen molar-refractivity contribution in [3.63, 3.8) is 0 Å². The Bertz CT molecular complexity index is 362. The lowest BCUT2D eigenvalue weighted by atomic mass is 10.2. The van der Waals surface area contributed by atoms with Crippen LogP contribution in [0.4, 0.5) is 0 Å². The summed E-state index contributed by atoms with van der Waals surface area (Å²) in [5.74, 6) is 3.55. The predicted octanol–water partition coefficient (Wildman–Crippen LogP) is 1.38. The number of hydrogen-bond donors (Lipinski definition) is 0. The molecule has 0 amide bonds. The second-order valence-electron chi connectivity index (χ2n) is 3.47. The maximum absolute atomic E-state index is 10.2. The van der Waals surface area contributed by atoms with Crippen molar-refractivity contribution in [2.45, 2.75) is 32.4 Å². The van der Waals surface area contributed by atoms with E-state index in [1.54, 1.807) is 0 Å². The number of unbranched alkanes of at least 4 members (excludes halogenated alkanes) is 2. The fourth-order valence-corrected chi connectivity index (χ4v) is 1.53. The molecular weight excluding hydrogens is 190 g/mol. The number of hydrogen-bond acceptors (Lipinski definition) is 2. The first-order valence-corrected chi connectivity index (χ1v) is 5.05. The molecule has 0 aliphatic rings. The Morgan fingerprint density at radius 2 is 2.40 bits per heavy atom. The average Bonchev–Trinajstić information content (AvgIpc) is 2.57. The van der Waals surface area contributed by atoms with Crippen LogP contribution in [0, 0.1) is 17.3 Å². The highest BCUT2D eigenvalue weighted by atomic mass is 16.3. The lowest BCUT2D eigenvalue weighted by Crippen LogP contribution is -2.31. The maximum atomic E-state index is 10.2. The van der Waals surface area contributed by atoms with Crippen LogP contribution in [0.5, 0.6) is 0 Å². The normalized spacial score (nSPS) is 9.87. The number of aryl methyl sites for hydroxylation is 2. The molecule has 80 valence electrons. The first kappa shape index (κ1) is 11.4. The Morgan fingerprint density at radius 1 is 1.60 bits per heavy atom. The van der Waals surface area contributed by atoms with Gasteiger partial charge in [-0.15, -0.1) is 12.3 Å². The van der Waals surface area contributed by atoms with Crippen LogP contribution in [0.15, 0.2) is 17.6 Å². The van der Waals surface area contributed by atoms with Crippen molar-refractivity contribution in [2.24, 2.45) is 12.2 Å². The molecule has 1 aromatic heterocycles. The minimum absolute atomic E-state index is 0.221. The minimum atomic E-state index is 0.221. The van der Waals surface area contributed by atoms with Crippen molar-refractivity contribution in [3.8, 4) is 12.3 Å². The standard InChI is InChI=1S/C11H16N3O/c1-3-4-5-6-7-14-9-8-13(2)11(14)10-12-15/h1,8-9H,4-7,10H2,2H3/q+1. The van der Waals surface area contributed by atoms with E-state index >= 15 is 0 Å². The largest absolute Gasteiger partial charge is 0.281 e. The molecule has 0 saturated carbocycles. The fraction of sp³-hybridized carbons (Fsp3) is 0.545. The van der Waals surface area contributed by atoms with Crippen LogP contribution < -0.4 is 4.57 Å². The molecule has 0 aliphatic heterocycles. The Balaban J connectivity index is 2.53. The first-order chi connectivity index (χ1) is 7.29. The van der Waals surface area contributed by atoms with Crippen molar-refractivity contribution in [3.05, 3.63) is 23.1 Å². The molecule has 1 heterocycles. The molecule has 0 saturated heterocycles. The third-order valence-electron chi connectivity index (χ3n) is 2.38. The summed E-state index contributed by atoms with van der Waals surface area (Å²) in [5.41, 5.74) is 0. The van der Waals surface area contributed by atoms with Crippen LogP contribution in [0.2, 0.25) is 0 Å². The van der Waals surface area contributed by atoms with Gasteiger partial charge in [0.1, 0.15) is 12.4 Å². The molecule has 0 aliphatic carbocycles. The smallest absolute Gasteiger partial charge is 0.235 e. The number of nitrogens with zero attached hydrogens (tertiary/aromatic N) is 3. The van der Waals surface area contributed by atoms with Crippen LogP contribution in [-0.4, -0.2) is 4.57 Å². The molecule has 0 unspecified atom stereocenters. The van der Waals surface area contributed by atoms with Crippen molar-refractivity contribution in [1.82, 2.24) is 4.57 Å². The van der Waals surface area contributed by atoms with Crippen LogP contribution >= 0.6 is 0 Å². The van der Waals surface area contributed by atoms with Gasteiger partial charge in [-0.05, 0) is 12.8 Å². The summed E-state index contributed by atoms with van der Waals surface area (Å²) < 4.78 is 3.97. The van der Waals surface area contributed by atoms with E-state index in [0.717, 1.165) is 31.6 Å². The molecule has 1 aromatic rings. The van der Waals surface area contributed by atoms with Crippen molar-refractivity contribution < 1.29 is 4.57 Å². The van der Waals surface area contributed by atoms with E-state index in [2.05, 4.69) is 15.7 Å². The van der Waals surface area contributed by atoms with Gasteiger partial charge in [0.05, 0.1) is 13.6 Å². The average molecular weight is 206 g/mol. The summed E-state index contributed by atoms with van der Waals surface area (Å²) in [5, 5.41) is 2.92. The Hall–Kier alpha value is -1.63. The summed E-state index contributed by atoms with van der Waals surface area (Å²) in [6.07, 6.45) is 11.9. The van der Waals surface area contributed by atoms with Gasteiger partial charge in [-0.25, -0.2) is 9.13 Å². The van der Waals surface area contributed by atoms with Gasteiger partial charge in [0.15, 0.2) is 6.54 Å². The van der Waals surface area contributed by atoms with Gasteiger partial charge in [-0.2, -0.15) is 4.91 Å². The van der Waals surface area contributed by atoms with E-state index < -0.39 is 0 Å². The fourth-order valence-electron chi connectivity index (χ4n) is 1.53. The highest BCUT2D eigenvalue weighted by Gasteiger charge is 2.13. The molecule has 0 N–H and O–H groups in total. The molecule has 1 rings (SSSR count). The lowest BCUT2D eigenvalue weighted by molar-refractivity contribution is -0.678. The van der Waals surface area contributed by atoms with Crippen LogP contribution in [-0.2, 0) is 20.1 Å². The third-order valence-corrected chi connectivity index (χ3v) is 2.38. The summed E-state index contributed by atoms with van der Waals surface area (Å²) >= 11 is 0. The molecule has 0 fully saturated rings. The number of terminal acetylenes is 1. The molecule has 0 atom stereocenters. The monoisotopic (exact) mass is 206 g/mol. The predicted molar refractivity (Wildman–Crippen MR) is 57.8 cm³/mol. The van der Waals surface area contributed by atoms with Crippen molar-refractivity contribution in [1.29, 1.82) is 0 Å². The second kappa shape index (κ2) is 5.97. The Kier molecular flexibility index (Phi) is 4.55. The van der Waals surface area contributed by atoms with E-state index in [1.807, 2.05) is 24.0 Å². The van der Waals surface area contributed by atoms with Crippen LogP contribution in [0.25, 0.3) is 0 Å². The summed E-state index contributed by atoms with van der Waals surface area (Å²) in [4.78, 5) is 10.2. The quantitative estimate of drug-likeness (QED) is 0.300. The van der Waals surface area contributed by atoms with Crippen LogP contribution in [0.1, 0.15) is 25.1 Å². The highest BCUT2D eigenvalue weighted by molar-refractivity contribution is 4.85. The highest BCUT2D eigenvalue weighted by Crippen LogP contribution is 2.02. The van der Waals surface area contributed by atoms with Gasteiger partial charge in [-0.3, -0.25) is 0 Å². The third kappa shape index (κ3) is 3.21. The lowest BCUT2D eigenvalue weighted by Gasteiger charge is -1.98. The molecule has 4 nitrogen and oxygen atoms in total. The number of imidazole rings is 1. The zero-order valence-electron chi connectivity index (χ0n) is 9.02. The van der Waals surface area contributed by atoms with Gasteiger partial charge in [0, 0.05) is 6.42 Å². The van der Waals surface area contributed by atoms with E-state index in [4.69, 9.17) is 6.42 Å². The first-order valence-electron chi connectivity index (χ1n) is 5.05. The van der Waals surface area contributed by atoms with E-state index in [1.165, 1.54) is 0 Å². The van der Waals surface area contributed by atoms with Gasteiger partial charge in [0.2, 0.25) is 0 Å². The van der Waals surface area contributed by atoms with Gasteiger partial charge in [-0.1, -0.05) is 5.18 Å². The summed E-state index contributed by atoms with van der Waals surface area (Å²) in [6.45, 7) is 1.12. The van der Waals surface area contributed by atoms with E-state index in [0.29, 0.717) is 0 Å². The molecule has 0 bridgehead atoms. The number of rotatable bonds is 6. The van der Waals surface area contributed by atoms with Crippen molar-refractivity contribution >= 4 is 0 Å². The molecule has 0 radical (unpaired) electrons. The van der Waals surface area contributed by atoms with Gasteiger partial charge >= 0.3 is 0 Å². The second-order valence-corrected chi connectivity index (χ2v) is 3.47. The Morgan fingerprint density at radius 3 is 3.07 bits per heavy atom. The Labute approximate surface area is 89.9 Å². The molecular formula is C11H16N3O+. The molecule has 0 aromatic carbocycles. The van der Waals surface area contributed by atoms with E-state index in [-0.39, 0.29) is 6.54 Å². The number of nitroso groups, excluding NO2 is 1. The van der Waals surface area contributed by atoms with Gasteiger partial charge < -0.3 is 0 Å². The SMILES string of the molecule is C#CCCCCn1cc[n+](C)c1CN=O. The zero-order chi connectivity index (χ0) is 11.1. The molecule has 0 spiro atoms. The molecule has 15 heavy (non-hydrogen) atoms. The van der Waals surface area contributed by atoms with Crippen molar-refractivity contribution in [2.75, 3.05) is 0 Å². The molecule has 4 heteroatoms. The van der Waals surface area contributed by atoms with E-state index in [9.17, 15) is 4.91 Å². The summed E-state index contributed by atoms with van der Waals surface area (Å²) in [6, 6.07) is 0. The van der Waals surface area contributed by atoms with Crippen LogP contribution in [0.3, 0.4) is 0 Å².